The molecule has 1 amide bonds. The van der Waals surface area contributed by atoms with Crippen molar-refractivity contribution in [1.82, 2.24) is 10.2 Å². The van der Waals surface area contributed by atoms with Gasteiger partial charge in [0, 0.05) is 19.1 Å². The van der Waals surface area contributed by atoms with E-state index in [9.17, 15) is 4.79 Å². The molecule has 3 rings (SSSR count). The van der Waals surface area contributed by atoms with E-state index in [2.05, 4.69) is 43.4 Å². The van der Waals surface area contributed by atoms with E-state index in [0.29, 0.717) is 25.2 Å². The molecule has 1 saturated carbocycles. The van der Waals surface area contributed by atoms with Crippen LogP contribution in [0, 0.1) is 6.92 Å². The first kappa shape index (κ1) is 16.5. The van der Waals surface area contributed by atoms with E-state index >= 15 is 0 Å². The summed E-state index contributed by atoms with van der Waals surface area (Å²) in [5, 5.41) is 3.58. The molecule has 2 fully saturated rings. The standard InChI is InChI=1S/C19H28N2O2/c1-3-18(19(22)21-7-9-23-10-8-21)20-17-12-16(13-17)15-6-4-5-14(2)11-15/h4-6,11,16-18,20H,3,7-10,12-13H2,1-2H3/t16?,17?,18-/m0/s1. The van der Waals surface area contributed by atoms with Crippen molar-refractivity contribution in [2.75, 3.05) is 26.3 Å². The Labute approximate surface area is 139 Å². The number of hydrogen-bond acceptors (Lipinski definition) is 3. The molecular formula is C19H28N2O2. The molecule has 1 saturated heterocycles. The van der Waals surface area contributed by atoms with Crippen molar-refractivity contribution >= 4 is 5.91 Å². The fourth-order valence-corrected chi connectivity index (χ4v) is 3.60. The largest absolute Gasteiger partial charge is 0.378 e. The highest BCUT2D eigenvalue weighted by Gasteiger charge is 2.34. The van der Waals surface area contributed by atoms with Crippen molar-refractivity contribution in [1.29, 1.82) is 0 Å². The van der Waals surface area contributed by atoms with Crippen LogP contribution >= 0.6 is 0 Å². The quantitative estimate of drug-likeness (QED) is 0.907. The third-order valence-electron chi connectivity index (χ3n) is 5.12. The molecule has 1 atom stereocenters. The van der Waals surface area contributed by atoms with E-state index < -0.39 is 0 Å². The molecular weight excluding hydrogens is 288 g/mol. The fourth-order valence-electron chi connectivity index (χ4n) is 3.60. The van der Waals surface area contributed by atoms with Crippen molar-refractivity contribution in [2.45, 2.75) is 51.1 Å². The maximum absolute atomic E-state index is 12.6. The van der Waals surface area contributed by atoms with Gasteiger partial charge < -0.3 is 15.0 Å². The smallest absolute Gasteiger partial charge is 0.239 e. The van der Waals surface area contributed by atoms with Crippen molar-refractivity contribution in [3.05, 3.63) is 35.4 Å². The summed E-state index contributed by atoms with van der Waals surface area (Å²) in [5.41, 5.74) is 2.77. The lowest BCUT2D eigenvalue weighted by atomic mass is 9.75. The van der Waals surface area contributed by atoms with Crippen LogP contribution in [-0.4, -0.2) is 49.2 Å². The number of carbonyl (C=O) groups excluding carboxylic acids is 1. The molecule has 1 heterocycles. The predicted octanol–water partition coefficient (Wildman–Crippen LogP) is 2.47. The second kappa shape index (κ2) is 7.45. The third kappa shape index (κ3) is 3.93. The van der Waals surface area contributed by atoms with E-state index in [-0.39, 0.29) is 11.9 Å². The lowest BCUT2D eigenvalue weighted by Gasteiger charge is -2.39. The van der Waals surface area contributed by atoms with Gasteiger partial charge in [0.2, 0.25) is 5.91 Å². The fraction of sp³-hybridized carbons (Fsp3) is 0.632. The highest BCUT2D eigenvalue weighted by Crippen LogP contribution is 2.37. The summed E-state index contributed by atoms with van der Waals surface area (Å²) in [6.45, 7) is 7.03. The Morgan fingerprint density at radius 3 is 2.74 bits per heavy atom. The normalized spacial score (nSPS) is 25.7. The van der Waals surface area contributed by atoms with Gasteiger partial charge in [0.05, 0.1) is 19.3 Å². The summed E-state index contributed by atoms with van der Waals surface area (Å²) < 4.78 is 5.34. The van der Waals surface area contributed by atoms with Crippen molar-refractivity contribution < 1.29 is 9.53 Å². The van der Waals surface area contributed by atoms with Crippen LogP contribution in [0.2, 0.25) is 0 Å². The topological polar surface area (TPSA) is 41.6 Å². The Hall–Kier alpha value is -1.39. The number of amides is 1. The lowest BCUT2D eigenvalue weighted by molar-refractivity contribution is -0.138. The van der Waals surface area contributed by atoms with Crippen molar-refractivity contribution in [3.8, 4) is 0 Å². The maximum Gasteiger partial charge on any atom is 0.239 e. The second-order valence-corrected chi connectivity index (χ2v) is 6.84. The second-order valence-electron chi connectivity index (χ2n) is 6.84. The maximum atomic E-state index is 12.6. The zero-order valence-corrected chi connectivity index (χ0v) is 14.3. The van der Waals surface area contributed by atoms with Gasteiger partial charge in [0.25, 0.3) is 0 Å². The molecule has 1 aromatic rings. The molecule has 0 spiro atoms. The summed E-state index contributed by atoms with van der Waals surface area (Å²) in [7, 11) is 0. The first-order valence-corrected chi connectivity index (χ1v) is 8.86. The van der Waals surface area contributed by atoms with Gasteiger partial charge in [-0.1, -0.05) is 36.8 Å². The van der Waals surface area contributed by atoms with Gasteiger partial charge in [-0.05, 0) is 37.7 Å². The zero-order chi connectivity index (χ0) is 16.2. The minimum Gasteiger partial charge on any atom is -0.378 e. The number of nitrogens with one attached hydrogen (secondary N) is 1. The Bertz CT molecular complexity index is 534. The average molecular weight is 316 g/mol. The number of benzene rings is 1. The molecule has 23 heavy (non-hydrogen) atoms. The molecule has 0 unspecified atom stereocenters. The van der Waals surface area contributed by atoms with Crippen LogP contribution in [0.5, 0.6) is 0 Å². The van der Waals surface area contributed by atoms with E-state index in [1.54, 1.807) is 0 Å². The number of hydrogen-bond donors (Lipinski definition) is 1. The van der Waals surface area contributed by atoms with Crippen LogP contribution in [-0.2, 0) is 9.53 Å². The first-order valence-electron chi connectivity index (χ1n) is 8.86. The summed E-state index contributed by atoms with van der Waals surface area (Å²) in [5.74, 6) is 0.887. The van der Waals surface area contributed by atoms with Crippen LogP contribution < -0.4 is 5.32 Å². The number of aryl methyl sites for hydroxylation is 1. The Morgan fingerprint density at radius 2 is 2.09 bits per heavy atom. The number of morpholine rings is 1. The Morgan fingerprint density at radius 1 is 1.35 bits per heavy atom. The number of carbonyl (C=O) groups is 1. The summed E-state index contributed by atoms with van der Waals surface area (Å²) in [6.07, 6.45) is 3.12. The van der Waals surface area contributed by atoms with Crippen LogP contribution in [0.3, 0.4) is 0 Å². The van der Waals surface area contributed by atoms with E-state index in [4.69, 9.17) is 4.74 Å². The van der Waals surface area contributed by atoms with Gasteiger partial charge in [-0.3, -0.25) is 4.79 Å². The Kier molecular flexibility index (Phi) is 5.34. The predicted molar refractivity (Wildman–Crippen MR) is 91.6 cm³/mol. The van der Waals surface area contributed by atoms with E-state index in [1.165, 1.54) is 11.1 Å². The van der Waals surface area contributed by atoms with Crippen LogP contribution in [0.15, 0.2) is 24.3 Å². The molecule has 4 nitrogen and oxygen atoms in total. The molecule has 1 aliphatic heterocycles. The van der Waals surface area contributed by atoms with Gasteiger partial charge >= 0.3 is 0 Å². The molecule has 2 aliphatic rings. The van der Waals surface area contributed by atoms with Crippen LogP contribution in [0.4, 0.5) is 0 Å². The molecule has 1 aliphatic carbocycles. The monoisotopic (exact) mass is 316 g/mol. The SMILES string of the molecule is CC[C@H](NC1CC(c2cccc(C)c2)C1)C(=O)N1CCOCC1. The minimum atomic E-state index is -0.0449. The molecule has 0 bridgehead atoms. The average Bonchev–Trinajstić information content (AvgIpc) is 2.54. The minimum absolute atomic E-state index is 0.0449. The van der Waals surface area contributed by atoms with Gasteiger partial charge in [0.1, 0.15) is 0 Å². The lowest BCUT2D eigenvalue weighted by Crippen LogP contribution is -2.54. The van der Waals surface area contributed by atoms with Gasteiger partial charge in [-0.15, -0.1) is 0 Å². The highest BCUT2D eigenvalue weighted by atomic mass is 16.5. The summed E-state index contributed by atoms with van der Waals surface area (Å²) >= 11 is 0. The molecule has 126 valence electrons. The van der Waals surface area contributed by atoms with Crippen LogP contribution in [0.25, 0.3) is 0 Å². The molecule has 4 heteroatoms. The molecule has 0 radical (unpaired) electrons. The molecule has 1 aromatic carbocycles. The molecule has 1 N–H and O–H groups in total. The number of rotatable bonds is 5. The first-order chi connectivity index (χ1) is 11.2. The summed E-state index contributed by atoms with van der Waals surface area (Å²) in [6, 6.07) is 9.22. The Balaban J connectivity index is 1.50. The highest BCUT2D eigenvalue weighted by molar-refractivity contribution is 5.82. The summed E-state index contributed by atoms with van der Waals surface area (Å²) in [4.78, 5) is 14.6. The van der Waals surface area contributed by atoms with E-state index in [0.717, 1.165) is 32.4 Å². The number of nitrogens with zero attached hydrogens (tertiary/aromatic N) is 1. The third-order valence-corrected chi connectivity index (χ3v) is 5.12. The zero-order valence-electron chi connectivity index (χ0n) is 14.3. The van der Waals surface area contributed by atoms with Gasteiger partial charge in [-0.25, -0.2) is 0 Å². The van der Waals surface area contributed by atoms with Gasteiger partial charge in [-0.2, -0.15) is 0 Å². The van der Waals surface area contributed by atoms with Crippen molar-refractivity contribution in [2.24, 2.45) is 0 Å². The van der Waals surface area contributed by atoms with Gasteiger partial charge in [0.15, 0.2) is 0 Å². The molecule has 0 aromatic heterocycles. The number of ether oxygens (including phenoxy) is 1. The van der Waals surface area contributed by atoms with E-state index in [1.807, 2.05) is 4.90 Å². The van der Waals surface area contributed by atoms with Crippen molar-refractivity contribution in [3.63, 3.8) is 0 Å². The van der Waals surface area contributed by atoms with Crippen LogP contribution in [0.1, 0.15) is 43.2 Å².